The van der Waals surface area contributed by atoms with Gasteiger partial charge in [-0.25, -0.2) is 0 Å². The summed E-state index contributed by atoms with van der Waals surface area (Å²) in [6.45, 7) is 6.56. The van der Waals surface area contributed by atoms with E-state index in [1.165, 1.54) is 0 Å². The standard InChI is InChI=1S/C15H26N4O2/c1-11(2)17(3)9-14(20)19-7-12-6-18(4)16-15(12)13(8-19)10-21-5/h6,11,13H,7-10H2,1-5H3. The van der Waals surface area contributed by atoms with Gasteiger partial charge in [0.2, 0.25) is 5.91 Å². The van der Waals surface area contributed by atoms with Crippen LogP contribution in [0, 0.1) is 0 Å². The van der Waals surface area contributed by atoms with Crippen molar-refractivity contribution in [1.29, 1.82) is 0 Å². The van der Waals surface area contributed by atoms with E-state index in [9.17, 15) is 4.79 Å². The highest BCUT2D eigenvalue weighted by Gasteiger charge is 2.31. The summed E-state index contributed by atoms with van der Waals surface area (Å²) in [6.07, 6.45) is 2.00. The van der Waals surface area contributed by atoms with Gasteiger partial charge < -0.3 is 9.64 Å². The fourth-order valence-corrected chi connectivity index (χ4v) is 2.66. The minimum atomic E-state index is 0.160. The Morgan fingerprint density at radius 2 is 2.29 bits per heavy atom. The Morgan fingerprint density at radius 3 is 2.90 bits per heavy atom. The SMILES string of the molecule is COCC1CN(C(=O)CN(C)C(C)C)Cc2cn(C)nc21. The first-order valence-corrected chi connectivity index (χ1v) is 7.41. The van der Waals surface area contributed by atoms with Crippen molar-refractivity contribution in [1.82, 2.24) is 19.6 Å². The van der Waals surface area contributed by atoms with Gasteiger partial charge in [0.1, 0.15) is 0 Å². The van der Waals surface area contributed by atoms with Crippen LogP contribution in [-0.2, 0) is 23.1 Å². The monoisotopic (exact) mass is 294 g/mol. The van der Waals surface area contributed by atoms with E-state index in [-0.39, 0.29) is 11.8 Å². The Morgan fingerprint density at radius 1 is 1.57 bits per heavy atom. The Hall–Kier alpha value is -1.40. The molecule has 0 aliphatic carbocycles. The molecule has 0 fully saturated rings. The molecule has 0 spiro atoms. The van der Waals surface area contributed by atoms with Gasteiger partial charge in [-0.2, -0.15) is 5.10 Å². The van der Waals surface area contributed by atoms with Crippen LogP contribution in [0.4, 0.5) is 0 Å². The number of nitrogens with zero attached hydrogens (tertiary/aromatic N) is 4. The highest BCUT2D eigenvalue weighted by molar-refractivity contribution is 5.78. The van der Waals surface area contributed by atoms with Crippen LogP contribution >= 0.6 is 0 Å². The lowest BCUT2D eigenvalue weighted by Gasteiger charge is -2.33. The van der Waals surface area contributed by atoms with E-state index in [0.29, 0.717) is 32.3 Å². The number of amides is 1. The molecule has 6 heteroatoms. The van der Waals surface area contributed by atoms with Gasteiger partial charge in [0.25, 0.3) is 0 Å². The number of hydrogen-bond donors (Lipinski definition) is 0. The minimum Gasteiger partial charge on any atom is -0.384 e. The van der Waals surface area contributed by atoms with E-state index in [1.807, 2.05) is 29.9 Å². The summed E-state index contributed by atoms with van der Waals surface area (Å²) in [5, 5.41) is 4.52. The summed E-state index contributed by atoms with van der Waals surface area (Å²) >= 11 is 0. The van der Waals surface area contributed by atoms with Gasteiger partial charge in [-0.05, 0) is 20.9 Å². The maximum atomic E-state index is 12.5. The molecule has 1 aliphatic rings. The second-order valence-electron chi connectivity index (χ2n) is 6.15. The van der Waals surface area contributed by atoms with Crippen LogP contribution < -0.4 is 0 Å². The van der Waals surface area contributed by atoms with Gasteiger partial charge in [-0.1, -0.05) is 0 Å². The third-order valence-electron chi connectivity index (χ3n) is 4.11. The van der Waals surface area contributed by atoms with Crippen LogP contribution in [0.25, 0.3) is 0 Å². The zero-order valence-corrected chi connectivity index (χ0v) is 13.7. The molecule has 2 heterocycles. The maximum Gasteiger partial charge on any atom is 0.237 e. The number of methoxy groups -OCH3 is 1. The third kappa shape index (κ3) is 3.63. The predicted octanol–water partition coefficient (Wildman–Crippen LogP) is 0.833. The molecule has 2 rings (SSSR count). The average molecular weight is 294 g/mol. The molecule has 0 bridgehead atoms. The molecule has 6 nitrogen and oxygen atoms in total. The quantitative estimate of drug-likeness (QED) is 0.807. The lowest BCUT2D eigenvalue weighted by molar-refractivity contribution is -0.134. The van der Waals surface area contributed by atoms with Crippen molar-refractivity contribution in [3.05, 3.63) is 17.5 Å². The molecule has 1 atom stereocenters. The lowest BCUT2D eigenvalue weighted by Crippen LogP contribution is -2.45. The molecule has 0 aromatic carbocycles. The predicted molar refractivity (Wildman–Crippen MR) is 81.0 cm³/mol. The molecule has 1 aliphatic heterocycles. The van der Waals surface area contributed by atoms with Gasteiger partial charge in [0.05, 0.1) is 18.8 Å². The summed E-state index contributed by atoms with van der Waals surface area (Å²) in [5.41, 5.74) is 2.20. The van der Waals surface area contributed by atoms with Crippen LogP contribution in [0.5, 0.6) is 0 Å². The van der Waals surface area contributed by atoms with Crippen molar-refractivity contribution in [2.75, 3.05) is 33.9 Å². The number of fused-ring (bicyclic) bond motifs is 1. The van der Waals surface area contributed by atoms with Gasteiger partial charge in [0.15, 0.2) is 0 Å². The zero-order valence-electron chi connectivity index (χ0n) is 13.7. The molecule has 1 unspecified atom stereocenters. The number of likely N-dealkylation sites (N-methyl/N-ethyl adjacent to an activating group) is 1. The number of carbonyl (C=O) groups excluding carboxylic acids is 1. The highest BCUT2D eigenvalue weighted by Crippen LogP contribution is 2.27. The van der Waals surface area contributed by atoms with Gasteiger partial charge >= 0.3 is 0 Å². The Balaban J connectivity index is 2.11. The van der Waals surface area contributed by atoms with E-state index >= 15 is 0 Å². The Bertz CT molecular complexity index is 498. The van der Waals surface area contributed by atoms with E-state index in [2.05, 4.69) is 23.8 Å². The molecular weight excluding hydrogens is 268 g/mol. The zero-order chi connectivity index (χ0) is 15.6. The molecule has 1 aromatic heterocycles. The maximum absolute atomic E-state index is 12.5. The summed E-state index contributed by atoms with van der Waals surface area (Å²) in [4.78, 5) is 16.5. The summed E-state index contributed by atoms with van der Waals surface area (Å²) in [7, 11) is 5.59. The largest absolute Gasteiger partial charge is 0.384 e. The fraction of sp³-hybridized carbons (Fsp3) is 0.733. The van der Waals surface area contributed by atoms with Crippen LogP contribution in [0.1, 0.15) is 31.0 Å². The van der Waals surface area contributed by atoms with E-state index < -0.39 is 0 Å². The van der Waals surface area contributed by atoms with E-state index in [1.54, 1.807) is 7.11 Å². The van der Waals surface area contributed by atoms with Crippen LogP contribution in [-0.4, -0.2) is 65.4 Å². The van der Waals surface area contributed by atoms with Crippen molar-refractivity contribution in [2.24, 2.45) is 7.05 Å². The van der Waals surface area contributed by atoms with Crippen molar-refractivity contribution < 1.29 is 9.53 Å². The molecule has 1 aromatic rings. The van der Waals surface area contributed by atoms with Crippen LogP contribution in [0.15, 0.2) is 6.20 Å². The summed E-state index contributed by atoms with van der Waals surface area (Å²) < 4.78 is 7.12. The number of ether oxygens (including phenoxy) is 1. The highest BCUT2D eigenvalue weighted by atomic mass is 16.5. The second-order valence-corrected chi connectivity index (χ2v) is 6.15. The number of aromatic nitrogens is 2. The number of rotatable bonds is 5. The summed E-state index contributed by atoms with van der Waals surface area (Å²) in [6, 6.07) is 0.363. The molecule has 0 radical (unpaired) electrons. The lowest BCUT2D eigenvalue weighted by atomic mass is 9.97. The first-order valence-electron chi connectivity index (χ1n) is 7.41. The van der Waals surface area contributed by atoms with Gasteiger partial charge in [-0.15, -0.1) is 0 Å². The smallest absolute Gasteiger partial charge is 0.237 e. The third-order valence-corrected chi connectivity index (χ3v) is 4.11. The topological polar surface area (TPSA) is 50.6 Å². The van der Waals surface area contributed by atoms with E-state index in [0.717, 1.165) is 11.3 Å². The van der Waals surface area contributed by atoms with Crippen molar-refractivity contribution in [3.8, 4) is 0 Å². The molecule has 21 heavy (non-hydrogen) atoms. The molecule has 118 valence electrons. The molecule has 0 saturated carbocycles. The minimum absolute atomic E-state index is 0.160. The molecule has 1 amide bonds. The van der Waals surface area contributed by atoms with Crippen molar-refractivity contribution >= 4 is 5.91 Å². The van der Waals surface area contributed by atoms with Gasteiger partial charge in [-0.3, -0.25) is 14.4 Å². The number of aryl methyl sites for hydroxylation is 1. The normalized spacial score (nSPS) is 18.4. The number of carbonyl (C=O) groups is 1. The Kier molecular flexibility index (Phi) is 5.00. The average Bonchev–Trinajstić information content (AvgIpc) is 2.79. The van der Waals surface area contributed by atoms with Gasteiger partial charge in [0, 0.05) is 51.0 Å². The fourth-order valence-electron chi connectivity index (χ4n) is 2.66. The van der Waals surface area contributed by atoms with Crippen molar-refractivity contribution in [3.63, 3.8) is 0 Å². The Labute approximate surface area is 126 Å². The number of hydrogen-bond acceptors (Lipinski definition) is 4. The molecular formula is C15H26N4O2. The molecule has 0 N–H and O–H groups in total. The first-order chi connectivity index (χ1) is 9.92. The summed E-state index contributed by atoms with van der Waals surface area (Å²) in [5.74, 6) is 0.329. The molecule has 0 saturated heterocycles. The van der Waals surface area contributed by atoms with Crippen LogP contribution in [0.3, 0.4) is 0 Å². The second kappa shape index (κ2) is 6.58. The van der Waals surface area contributed by atoms with Crippen LogP contribution in [0.2, 0.25) is 0 Å². The van der Waals surface area contributed by atoms with E-state index in [4.69, 9.17) is 4.74 Å². The van der Waals surface area contributed by atoms with Crippen molar-refractivity contribution in [2.45, 2.75) is 32.4 Å². The first kappa shape index (κ1) is 16.0.